The first-order chi connectivity index (χ1) is 15.8. The Kier molecular flexibility index (Phi) is 5.76. The fourth-order valence-corrected chi connectivity index (χ4v) is 4.21. The van der Waals surface area contributed by atoms with Crippen molar-refractivity contribution in [1.29, 1.82) is 0 Å². The van der Waals surface area contributed by atoms with E-state index in [1.807, 2.05) is 44.2 Å². The van der Waals surface area contributed by atoms with E-state index in [-0.39, 0.29) is 17.5 Å². The zero-order valence-corrected chi connectivity index (χ0v) is 19.5. The summed E-state index contributed by atoms with van der Waals surface area (Å²) in [5.74, 6) is 0.527. The normalized spacial score (nSPS) is 11.2. The molecular formula is C25H28N4O4. The van der Waals surface area contributed by atoms with Gasteiger partial charge in [-0.05, 0) is 43.7 Å². The van der Waals surface area contributed by atoms with E-state index in [1.54, 1.807) is 38.2 Å². The second-order valence-electron chi connectivity index (χ2n) is 8.04. The Hall–Kier alpha value is -3.94. The molecule has 0 atom stereocenters. The Labute approximate surface area is 191 Å². The number of amides is 1. The number of carbonyl (C=O) groups excluding carboxylic acids is 1. The van der Waals surface area contributed by atoms with Crippen LogP contribution in [0.3, 0.4) is 0 Å². The van der Waals surface area contributed by atoms with Crippen LogP contribution in [0.4, 0.5) is 0 Å². The van der Waals surface area contributed by atoms with Gasteiger partial charge in [0.2, 0.25) is 5.88 Å². The molecule has 0 radical (unpaired) electrons. The van der Waals surface area contributed by atoms with Crippen LogP contribution in [0, 0.1) is 0 Å². The number of aromatic hydroxyl groups is 1. The zero-order chi connectivity index (χ0) is 23.9. The van der Waals surface area contributed by atoms with Gasteiger partial charge in [-0.25, -0.2) is 9.36 Å². The van der Waals surface area contributed by atoms with Crippen LogP contribution in [0.1, 0.15) is 24.2 Å². The van der Waals surface area contributed by atoms with Crippen LogP contribution >= 0.6 is 0 Å². The number of carbonyl (C=O) groups is 1. The topological polar surface area (TPSA) is 81.6 Å². The predicted molar refractivity (Wildman–Crippen MR) is 128 cm³/mol. The Bertz CT molecular complexity index is 1390. The van der Waals surface area contributed by atoms with Crippen molar-refractivity contribution >= 4 is 16.8 Å². The average molecular weight is 449 g/mol. The number of fused-ring (bicyclic) bond motifs is 1. The molecule has 8 nitrogen and oxygen atoms in total. The lowest BCUT2D eigenvalue weighted by atomic mass is 10.0. The third-order valence-electron chi connectivity index (χ3n) is 5.71. The lowest BCUT2D eigenvalue weighted by molar-refractivity contribution is 0.0830. The number of hydrogen-bond donors (Lipinski definition) is 1. The molecule has 0 unspecified atom stereocenters. The fraction of sp³-hybridized carbons (Fsp3) is 0.280. The maximum atomic E-state index is 13.3. The number of rotatable bonds is 6. The van der Waals surface area contributed by atoms with Gasteiger partial charge in [0.25, 0.3) is 5.91 Å². The molecule has 0 saturated heterocycles. The van der Waals surface area contributed by atoms with Crippen molar-refractivity contribution in [3.05, 3.63) is 64.7 Å². The second-order valence-corrected chi connectivity index (χ2v) is 8.04. The van der Waals surface area contributed by atoms with Crippen molar-refractivity contribution in [3.63, 3.8) is 0 Å². The molecule has 1 N–H and O–H groups in total. The quantitative estimate of drug-likeness (QED) is 0.488. The van der Waals surface area contributed by atoms with Crippen LogP contribution in [0.5, 0.6) is 11.6 Å². The molecule has 8 heteroatoms. The molecule has 4 aromatic rings. The fourth-order valence-electron chi connectivity index (χ4n) is 4.21. The maximum Gasteiger partial charge on any atom is 0.335 e. The Morgan fingerprint density at radius 3 is 2.33 bits per heavy atom. The summed E-state index contributed by atoms with van der Waals surface area (Å²) in [6, 6.07) is 13.1. The van der Waals surface area contributed by atoms with Gasteiger partial charge in [-0.15, -0.1) is 0 Å². The molecule has 1 amide bonds. The van der Waals surface area contributed by atoms with Gasteiger partial charge in [0.15, 0.2) is 0 Å². The van der Waals surface area contributed by atoms with Crippen LogP contribution < -0.4 is 10.4 Å². The minimum absolute atomic E-state index is 0.0904. The highest BCUT2D eigenvalue weighted by molar-refractivity contribution is 6.13. The summed E-state index contributed by atoms with van der Waals surface area (Å²) in [6.45, 7) is 5.19. The number of aryl methyl sites for hydroxylation is 2. The zero-order valence-electron chi connectivity index (χ0n) is 19.5. The Morgan fingerprint density at radius 1 is 1.09 bits per heavy atom. The van der Waals surface area contributed by atoms with E-state index in [0.29, 0.717) is 24.4 Å². The van der Waals surface area contributed by atoms with E-state index in [1.165, 1.54) is 15.3 Å². The van der Waals surface area contributed by atoms with E-state index in [2.05, 4.69) is 4.57 Å². The standard InChI is InChI=1S/C25H28N4O4/c1-6-28-20-14-18(33-7-2)12-13-19(20)22(24(31)26(3)4)23(28)16-8-10-17(11-9-16)29-21(30)15-27(5)25(29)32/h8-15,30H,6-7H2,1-5H3. The summed E-state index contributed by atoms with van der Waals surface area (Å²) in [4.78, 5) is 27.2. The third kappa shape index (κ3) is 3.67. The van der Waals surface area contributed by atoms with E-state index >= 15 is 0 Å². The number of ether oxygens (including phenoxy) is 1. The third-order valence-corrected chi connectivity index (χ3v) is 5.71. The minimum atomic E-state index is -0.338. The Balaban J connectivity index is 1.94. The average Bonchev–Trinajstić information content (AvgIpc) is 3.25. The highest BCUT2D eigenvalue weighted by atomic mass is 16.5. The maximum absolute atomic E-state index is 13.3. The first-order valence-electron chi connectivity index (χ1n) is 10.9. The van der Waals surface area contributed by atoms with Gasteiger partial charge >= 0.3 is 5.69 Å². The van der Waals surface area contributed by atoms with Crippen molar-refractivity contribution in [2.45, 2.75) is 20.4 Å². The van der Waals surface area contributed by atoms with Gasteiger partial charge in [-0.2, -0.15) is 0 Å². The first kappa shape index (κ1) is 22.3. The molecule has 2 heterocycles. The smallest absolute Gasteiger partial charge is 0.335 e. The van der Waals surface area contributed by atoms with Crippen LogP contribution in [0.2, 0.25) is 0 Å². The van der Waals surface area contributed by atoms with E-state index < -0.39 is 0 Å². The lowest BCUT2D eigenvalue weighted by Gasteiger charge is -2.14. The molecule has 0 aliphatic heterocycles. The van der Waals surface area contributed by atoms with Crippen molar-refractivity contribution < 1.29 is 14.6 Å². The van der Waals surface area contributed by atoms with Crippen LogP contribution in [-0.2, 0) is 13.6 Å². The van der Waals surface area contributed by atoms with E-state index in [9.17, 15) is 14.7 Å². The molecule has 4 rings (SSSR count). The van der Waals surface area contributed by atoms with Crippen LogP contribution in [0.15, 0.2) is 53.5 Å². The van der Waals surface area contributed by atoms with Crippen LogP contribution in [-0.4, -0.2) is 50.3 Å². The van der Waals surface area contributed by atoms with Gasteiger partial charge < -0.3 is 19.3 Å². The van der Waals surface area contributed by atoms with Crippen molar-refractivity contribution in [3.8, 4) is 28.6 Å². The Morgan fingerprint density at radius 2 is 1.79 bits per heavy atom. The molecule has 172 valence electrons. The first-order valence-corrected chi connectivity index (χ1v) is 10.9. The molecular weight excluding hydrogens is 420 g/mol. The number of nitrogens with zero attached hydrogens (tertiary/aromatic N) is 4. The monoisotopic (exact) mass is 448 g/mol. The van der Waals surface area contributed by atoms with Crippen molar-refractivity contribution in [2.75, 3.05) is 20.7 Å². The molecule has 0 saturated carbocycles. The summed E-state index contributed by atoms with van der Waals surface area (Å²) >= 11 is 0. The molecule has 0 aliphatic rings. The highest BCUT2D eigenvalue weighted by Crippen LogP contribution is 2.37. The lowest BCUT2D eigenvalue weighted by Crippen LogP contribution is -2.22. The minimum Gasteiger partial charge on any atom is -0.494 e. The van der Waals surface area contributed by atoms with Gasteiger partial charge in [-0.3, -0.25) is 9.36 Å². The van der Waals surface area contributed by atoms with Crippen LogP contribution in [0.25, 0.3) is 27.8 Å². The van der Waals surface area contributed by atoms with Gasteiger partial charge in [-0.1, -0.05) is 12.1 Å². The number of hydrogen-bond acceptors (Lipinski definition) is 4. The molecule has 0 fully saturated rings. The molecule has 33 heavy (non-hydrogen) atoms. The number of imidazole rings is 1. The molecule has 0 bridgehead atoms. The summed E-state index contributed by atoms with van der Waals surface area (Å²) in [7, 11) is 5.06. The van der Waals surface area contributed by atoms with E-state index in [4.69, 9.17) is 4.74 Å². The molecule has 2 aromatic carbocycles. The largest absolute Gasteiger partial charge is 0.494 e. The highest BCUT2D eigenvalue weighted by Gasteiger charge is 2.25. The predicted octanol–water partition coefficient (Wildman–Crippen LogP) is 3.62. The molecule has 0 spiro atoms. The van der Waals surface area contributed by atoms with Gasteiger partial charge in [0, 0.05) is 39.1 Å². The second kappa shape index (κ2) is 8.54. The summed E-state index contributed by atoms with van der Waals surface area (Å²) in [5, 5.41) is 11.0. The SMILES string of the molecule is CCOc1ccc2c(C(=O)N(C)C)c(-c3ccc(-n4c(O)cn(C)c4=O)cc3)n(CC)c2c1. The van der Waals surface area contributed by atoms with Gasteiger partial charge in [0.1, 0.15) is 5.75 Å². The summed E-state index contributed by atoms with van der Waals surface area (Å²) < 4.78 is 10.4. The molecule has 2 aromatic heterocycles. The molecule has 0 aliphatic carbocycles. The summed E-state index contributed by atoms with van der Waals surface area (Å²) in [6.07, 6.45) is 1.37. The number of aromatic nitrogens is 3. The van der Waals surface area contributed by atoms with Gasteiger partial charge in [0.05, 0.1) is 35.3 Å². The summed E-state index contributed by atoms with van der Waals surface area (Å²) in [5.41, 5.74) is 3.38. The van der Waals surface area contributed by atoms with Crippen molar-refractivity contribution in [1.82, 2.24) is 18.6 Å². The number of benzene rings is 2. The van der Waals surface area contributed by atoms with Crippen molar-refractivity contribution in [2.24, 2.45) is 7.05 Å². The van der Waals surface area contributed by atoms with E-state index in [0.717, 1.165) is 27.9 Å².